The zero-order valence-corrected chi connectivity index (χ0v) is 8.34. The van der Waals surface area contributed by atoms with Crippen LogP contribution in [0.3, 0.4) is 0 Å². The van der Waals surface area contributed by atoms with Crippen LogP contribution in [0.2, 0.25) is 0 Å². The SMILES string of the molecule is N#CCOc1cccc(C=C(C#N)C#N)c1. The maximum Gasteiger partial charge on any atom is 0.174 e. The summed E-state index contributed by atoms with van der Waals surface area (Å²) < 4.78 is 5.09. The highest BCUT2D eigenvalue weighted by molar-refractivity contribution is 5.62. The van der Waals surface area contributed by atoms with Crippen molar-refractivity contribution in [3.05, 3.63) is 35.4 Å². The van der Waals surface area contributed by atoms with E-state index in [2.05, 4.69) is 0 Å². The largest absolute Gasteiger partial charge is 0.479 e. The quantitative estimate of drug-likeness (QED) is 0.713. The van der Waals surface area contributed by atoms with E-state index in [1.54, 1.807) is 36.4 Å². The standard InChI is InChI=1S/C12H7N3O/c13-4-5-16-12-3-1-2-10(7-12)6-11(8-14)9-15/h1-3,6-7H,5H2. The van der Waals surface area contributed by atoms with Gasteiger partial charge in [-0.25, -0.2) is 0 Å². The van der Waals surface area contributed by atoms with Crippen LogP contribution in [0.5, 0.6) is 5.75 Å². The summed E-state index contributed by atoms with van der Waals surface area (Å²) in [6.45, 7) is -0.0312. The fourth-order valence-corrected chi connectivity index (χ4v) is 1.07. The van der Waals surface area contributed by atoms with Crippen LogP contribution >= 0.6 is 0 Å². The van der Waals surface area contributed by atoms with Crippen molar-refractivity contribution in [1.29, 1.82) is 15.8 Å². The second kappa shape index (κ2) is 5.86. The maximum atomic E-state index is 8.58. The van der Waals surface area contributed by atoms with Gasteiger partial charge in [0.05, 0.1) is 0 Å². The minimum Gasteiger partial charge on any atom is -0.479 e. The molecule has 0 aromatic heterocycles. The third-order valence-corrected chi connectivity index (χ3v) is 1.71. The monoisotopic (exact) mass is 209 g/mol. The highest BCUT2D eigenvalue weighted by Gasteiger charge is 1.97. The van der Waals surface area contributed by atoms with E-state index in [9.17, 15) is 0 Å². The Kier molecular flexibility index (Phi) is 4.14. The molecule has 0 N–H and O–H groups in total. The average molecular weight is 209 g/mol. The van der Waals surface area contributed by atoms with Crippen LogP contribution in [-0.4, -0.2) is 6.61 Å². The Hall–Kier alpha value is -2.77. The van der Waals surface area contributed by atoms with Crippen LogP contribution in [-0.2, 0) is 0 Å². The van der Waals surface area contributed by atoms with Gasteiger partial charge < -0.3 is 4.74 Å². The zero-order chi connectivity index (χ0) is 11.8. The van der Waals surface area contributed by atoms with Crippen LogP contribution < -0.4 is 4.74 Å². The predicted molar refractivity (Wildman–Crippen MR) is 56.8 cm³/mol. The molecule has 1 rings (SSSR count). The van der Waals surface area contributed by atoms with Gasteiger partial charge in [0.2, 0.25) is 0 Å². The molecular weight excluding hydrogens is 202 g/mol. The summed E-state index contributed by atoms with van der Waals surface area (Å²) in [5.41, 5.74) is 0.714. The molecule has 4 nitrogen and oxygen atoms in total. The van der Waals surface area contributed by atoms with Crippen molar-refractivity contribution in [2.75, 3.05) is 6.61 Å². The molecule has 0 heterocycles. The minimum atomic E-state index is -0.0312. The summed E-state index contributed by atoms with van der Waals surface area (Å²) in [5.74, 6) is 0.533. The smallest absolute Gasteiger partial charge is 0.174 e. The molecule has 1 aromatic carbocycles. The van der Waals surface area contributed by atoms with Gasteiger partial charge in [0.15, 0.2) is 6.61 Å². The van der Waals surface area contributed by atoms with E-state index >= 15 is 0 Å². The van der Waals surface area contributed by atoms with Crippen LogP contribution in [0.4, 0.5) is 0 Å². The Morgan fingerprint density at radius 1 is 1.25 bits per heavy atom. The first-order valence-electron chi connectivity index (χ1n) is 4.42. The molecule has 76 valence electrons. The van der Waals surface area contributed by atoms with Crippen molar-refractivity contribution >= 4 is 6.08 Å². The predicted octanol–water partition coefficient (Wildman–Crippen LogP) is 2.02. The van der Waals surface area contributed by atoms with Crippen molar-refractivity contribution in [2.45, 2.75) is 0 Å². The first kappa shape index (κ1) is 11.3. The summed E-state index contributed by atoms with van der Waals surface area (Å²) in [5, 5.41) is 25.5. The van der Waals surface area contributed by atoms with Gasteiger partial charge in [-0.2, -0.15) is 15.8 Å². The van der Waals surface area contributed by atoms with Gasteiger partial charge in [-0.05, 0) is 23.8 Å². The number of nitriles is 3. The Morgan fingerprint density at radius 2 is 2.00 bits per heavy atom. The number of benzene rings is 1. The number of hydrogen-bond acceptors (Lipinski definition) is 4. The average Bonchev–Trinajstić information content (AvgIpc) is 2.34. The third kappa shape index (κ3) is 3.18. The highest BCUT2D eigenvalue weighted by Crippen LogP contribution is 2.15. The minimum absolute atomic E-state index is 0.0254. The second-order valence-electron chi connectivity index (χ2n) is 2.80. The van der Waals surface area contributed by atoms with Crippen molar-refractivity contribution in [2.24, 2.45) is 0 Å². The lowest BCUT2D eigenvalue weighted by Crippen LogP contribution is -1.93. The number of rotatable bonds is 3. The Morgan fingerprint density at radius 3 is 2.62 bits per heavy atom. The fraction of sp³-hybridized carbons (Fsp3) is 0.0833. The van der Waals surface area contributed by atoms with Gasteiger partial charge in [0.1, 0.15) is 29.5 Å². The van der Waals surface area contributed by atoms with E-state index in [1.165, 1.54) is 6.08 Å². The summed E-state index contributed by atoms with van der Waals surface area (Å²) in [6, 6.07) is 12.2. The molecule has 0 amide bonds. The van der Waals surface area contributed by atoms with Gasteiger partial charge in [0, 0.05) is 0 Å². The van der Waals surface area contributed by atoms with Gasteiger partial charge in [-0.1, -0.05) is 12.1 Å². The highest BCUT2D eigenvalue weighted by atomic mass is 16.5. The van der Waals surface area contributed by atoms with Gasteiger partial charge in [-0.3, -0.25) is 0 Å². The topological polar surface area (TPSA) is 80.6 Å². The molecule has 0 radical (unpaired) electrons. The summed E-state index contributed by atoms with van der Waals surface area (Å²) in [7, 11) is 0. The molecule has 0 fully saturated rings. The maximum absolute atomic E-state index is 8.58. The Labute approximate surface area is 93.2 Å². The Bertz CT molecular complexity index is 510. The molecule has 0 atom stereocenters. The van der Waals surface area contributed by atoms with E-state index in [4.69, 9.17) is 20.5 Å². The normalized spacial score (nSPS) is 8.06. The van der Waals surface area contributed by atoms with Gasteiger partial charge >= 0.3 is 0 Å². The molecule has 0 saturated heterocycles. The molecule has 0 bridgehead atoms. The summed E-state index contributed by atoms with van der Waals surface area (Å²) >= 11 is 0. The molecule has 0 aliphatic rings. The first-order valence-corrected chi connectivity index (χ1v) is 4.42. The summed E-state index contributed by atoms with van der Waals surface area (Å²) in [6.07, 6.45) is 1.46. The van der Waals surface area contributed by atoms with Crippen molar-refractivity contribution in [3.63, 3.8) is 0 Å². The summed E-state index contributed by atoms with van der Waals surface area (Å²) in [4.78, 5) is 0. The first-order chi connectivity index (χ1) is 7.80. The molecule has 1 aromatic rings. The lowest BCUT2D eigenvalue weighted by atomic mass is 10.1. The molecule has 0 saturated carbocycles. The van der Waals surface area contributed by atoms with Crippen LogP contribution in [0, 0.1) is 34.0 Å². The van der Waals surface area contributed by atoms with E-state index in [0.717, 1.165) is 0 Å². The van der Waals surface area contributed by atoms with E-state index < -0.39 is 0 Å². The molecule has 0 unspecified atom stereocenters. The molecule has 0 aliphatic heterocycles. The molecule has 4 heteroatoms. The number of nitrogens with zero attached hydrogens (tertiary/aromatic N) is 3. The molecule has 0 spiro atoms. The fourth-order valence-electron chi connectivity index (χ4n) is 1.07. The lowest BCUT2D eigenvalue weighted by Gasteiger charge is -2.01. The van der Waals surface area contributed by atoms with Crippen molar-refractivity contribution in [1.82, 2.24) is 0 Å². The van der Waals surface area contributed by atoms with E-state index in [1.807, 2.05) is 6.07 Å². The van der Waals surface area contributed by atoms with Crippen LogP contribution in [0.15, 0.2) is 29.8 Å². The van der Waals surface area contributed by atoms with Gasteiger partial charge in [-0.15, -0.1) is 0 Å². The van der Waals surface area contributed by atoms with Crippen LogP contribution in [0.25, 0.3) is 6.08 Å². The second-order valence-corrected chi connectivity index (χ2v) is 2.80. The van der Waals surface area contributed by atoms with E-state index in [0.29, 0.717) is 11.3 Å². The molecular formula is C12H7N3O. The van der Waals surface area contributed by atoms with Crippen molar-refractivity contribution in [3.8, 4) is 24.0 Å². The van der Waals surface area contributed by atoms with Gasteiger partial charge in [0.25, 0.3) is 0 Å². The molecule has 16 heavy (non-hydrogen) atoms. The van der Waals surface area contributed by atoms with Crippen molar-refractivity contribution < 1.29 is 4.74 Å². The number of allylic oxidation sites excluding steroid dienone is 1. The van der Waals surface area contributed by atoms with E-state index in [-0.39, 0.29) is 12.2 Å². The molecule has 0 aliphatic carbocycles. The third-order valence-electron chi connectivity index (χ3n) is 1.71. The zero-order valence-electron chi connectivity index (χ0n) is 8.34. The number of ether oxygens (including phenoxy) is 1. The lowest BCUT2D eigenvalue weighted by molar-refractivity contribution is 0.368. The number of hydrogen-bond donors (Lipinski definition) is 0. The van der Waals surface area contributed by atoms with Crippen LogP contribution in [0.1, 0.15) is 5.56 Å². The Balaban J connectivity index is 2.93.